The normalized spacial score (nSPS) is 20.8. The number of fused-ring (bicyclic) bond motifs is 2. The molecule has 1 saturated carbocycles. The molecule has 0 bridgehead atoms. The van der Waals surface area contributed by atoms with Crippen molar-refractivity contribution in [2.75, 3.05) is 20.3 Å². The zero-order valence-electron chi connectivity index (χ0n) is 20.7. The van der Waals surface area contributed by atoms with E-state index in [1.54, 1.807) is 30.0 Å². The van der Waals surface area contributed by atoms with Crippen molar-refractivity contribution in [3.63, 3.8) is 0 Å². The van der Waals surface area contributed by atoms with Gasteiger partial charge in [-0.3, -0.25) is 9.30 Å². The Morgan fingerprint density at radius 1 is 1.25 bits per heavy atom. The van der Waals surface area contributed by atoms with Gasteiger partial charge in [0.15, 0.2) is 0 Å². The Balaban J connectivity index is 1.39. The maximum absolute atomic E-state index is 11.8. The van der Waals surface area contributed by atoms with E-state index in [-0.39, 0.29) is 17.8 Å². The molecule has 1 aliphatic carbocycles. The van der Waals surface area contributed by atoms with E-state index >= 15 is 0 Å². The third kappa shape index (κ3) is 4.14. The van der Waals surface area contributed by atoms with Gasteiger partial charge in [0, 0.05) is 66.4 Å². The summed E-state index contributed by atoms with van der Waals surface area (Å²) in [6, 6.07) is 7.88. The lowest BCUT2D eigenvalue weighted by molar-refractivity contribution is -0.0227. The van der Waals surface area contributed by atoms with Gasteiger partial charge in [0.05, 0.1) is 13.2 Å². The zero-order chi connectivity index (χ0) is 24.8. The Labute approximate surface area is 209 Å². The van der Waals surface area contributed by atoms with E-state index in [4.69, 9.17) is 9.47 Å². The molecule has 4 aromatic rings. The van der Waals surface area contributed by atoms with E-state index in [1.807, 2.05) is 12.3 Å². The number of H-pyrrole nitrogens is 1. The van der Waals surface area contributed by atoms with Crippen LogP contribution in [0.1, 0.15) is 58.9 Å². The highest BCUT2D eigenvalue weighted by Gasteiger charge is 2.34. The highest BCUT2D eigenvalue weighted by molar-refractivity contribution is 5.88. The molecule has 1 saturated heterocycles. The van der Waals surface area contributed by atoms with Gasteiger partial charge in [0.2, 0.25) is 0 Å². The molecule has 8 nitrogen and oxygen atoms in total. The summed E-state index contributed by atoms with van der Waals surface area (Å²) in [7, 11) is 1.73. The van der Waals surface area contributed by atoms with E-state index in [2.05, 4.69) is 33.9 Å². The number of aromatic amines is 1. The van der Waals surface area contributed by atoms with Crippen LogP contribution in [-0.4, -0.2) is 56.7 Å². The van der Waals surface area contributed by atoms with Crippen molar-refractivity contribution >= 4 is 22.5 Å². The fourth-order valence-electron chi connectivity index (χ4n) is 5.66. The van der Waals surface area contributed by atoms with Gasteiger partial charge < -0.3 is 19.6 Å². The van der Waals surface area contributed by atoms with Crippen LogP contribution >= 0.6 is 0 Å². The molecule has 2 fully saturated rings. The smallest absolute Gasteiger partial charge is 0.352 e. The minimum atomic E-state index is -0.963. The Morgan fingerprint density at radius 2 is 2.11 bits per heavy atom. The second-order valence-electron chi connectivity index (χ2n) is 10.1. The fraction of sp³-hybridized carbons (Fsp3) is 0.429. The van der Waals surface area contributed by atoms with Crippen molar-refractivity contribution in [3.8, 4) is 5.75 Å². The molecule has 0 amide bonds. The third-order valence-corrected chi connectivity index (χ3v) is 7.78. The summed E-state index contributed by atoms with van der Waals surface area (Å²) >= 11 is 0. The molecule has 2 atom stereocenters. The molecule has 4 heterocycles. The van der Waals surface area contributed by atoms with Crippen molar-refractivity contribution < 1.29 is 19.4 Å². The van der Waals surface area contributed by atoms with Crippen molar-refractivity contribution in [1.82, 2.24) is 19.3 Å². The van der Waals surface area contributed by atoms with Gasteiger partial charge in [-0.1, -0.05) is 6.07 Å². The van der Waals surface area contributed by atoms with Crippen LogP contribution in [0.5, 0.6) is 5.75 Å². The number of carboxylic acids is 1. The van der Waals surface area contributed by atoms with Gasteiger partial charge in [-0.15, -0.1) is 0 Å². The Hall–Kier alpha value is -3.36. The minimum absolute atomic E-state index is 0.0377. The third-order valence-electron chi connectivity index (χ3n) is 7.78. The van der Waals surface area contributed by atoms with Crippen LogP contribution in [0.3, 0.4) is 0 Å². The minimum Gasteiger partial charge on any atom is -0.496 e. The van der Waals surface area contributed by atoms with Crippen LogP contribution in [0.15, 0.2) is 42.9 Å². The number of carboxylic acid groups (broad SMARTS) is 1. The van der Waals surface area contributed by atoms with Gasteiger partial charge in [0.25, 0.3) is 0 Å². The maximum Gasteiger partial charge on any atom is 0.352 e. The SMILES string of the molecule is COc1cc(C)c2[nH]ccc2c1CN1CC[C@H](OCC2CC2)C[C@H]1c1ccc(C(=O)O)n2ccnc12. The number of benzene rings is 1. The summed E-state index contributed by atoms with van der Waals surface area (Å²) in [5, 5.41) is 10.9. The van der Waals surface area contributed by atoms with Crippen LogP contribution < -0.4 is 4.74 Å². The average molecular weight is 489 g/mol. The number of piperidine rings is 1. The highest BCUT2D eigenvalue weighted by Crippen LogP contribution is 2.39. The van der Waals surface area contributed by atoms with Crippen LogP contribution in [-0.2, 0) is 11.3 Å². The summed E-state index contributed by atoms with van der Waals surface area (Å²) in [5.41, 5.74) is 5.37. The van der Waals surface area contributed by atoms with E-state index in [9.17, 15) is 9.90 Å². The van der Waals surface area contributed by atoms with Gasteiger partial charge in [0.1, 0.15) is 17.1 Å². The molecule has 6 rings (SSSR count). The largest absolute Gasteiger partial charge is 0.496 e. The number of nitrogens with zero attached hydrogens (tertiary/aromatic N) is 3. The predicted molar refractivity (Wildman–Crippen MR) is 137 cm³/mol. The molecule has 1 aromatic carbocycles. The molecule has 0 radical (unpaired) electrons. The number of likely N-dealkylation sites (tertiary alicyclic amines) is 1. The fourth-order valence-corrected chi connectivity index (χ4v) is 5.66. The monoisotopic (exact) mass is 488 g/mol. The number of ether oxygens (including phenoxy) is 2. The van der Waals surface area contributed by atoms with Gasteiger partial charge in [-0.05, 0) is 62.3 Å². The quantitative estimate of drug-likeness (QED) is 0.364. The van der Waals surface area contributed by atoms with Crippen molar-refractivity contribution in [2.45, 2.75) is 51.3 Å². The molecular formula is C28H32N4O4. The van der Waals surface area contributed by atoms with E-state index in [0.717, 1.165) is 53.9 Å². The number of aryl methyl sites for hydroxylation is 1. The molecule has 2 N–H and O–H groups in total. The van der Waals surface area contributed by atoms with Crippen LogP contribution in [0, 0.1) is 12.8 Å². The number of aromatic nitrogens is 3. The first-order valence-electron chi connectivity index (χ1n) is 12.7. The summed E-state index contributed by atoms with van der Waals surface area (Å²) in [5.74, 6) is 0.640. The number of aromatic carboxylic acids is 1. The first kappa shape index (κ1) is 23.1. The van der Waals surface area contributed by atoms with Crippen LogP contribution in [0.2, 0.25) is 0 Å². The predicted octanol–water partition coefficient (Wildman–Crippen LogP) is 4.96. The molecule has 1 aliphatic heterocycles. The lowest BCUT2D eigenvalue weighted by Gasteiger charge is -2.40. The van der Waals surface area contributed by atoms with E-state index < -0.39 is 5.97 Å². The zero-order valence-corrected chi connectivity index (χ0v) is 20.7. The molecule has 188 valence electrons. The van der Waals surface area contributed by atoms with Gasteiger partial charge in [-0.2, -0.15) is 0 Å². The van der Waals surface area contributed by atoms with Crippen molar-refractivity contribution in [2.24, 2.45) is 5.92 Å². The number of rotatable bonds is 8. The summed E-state index contributed by atoms with van der Waals surface area (Å²) in [6.07, 6.45) is 9.90. The van der Waals surface area contributed by atoms with Crippen LogP contribution in [0.4, 0.5) is 0 Å². The number of imidazole rings is 1. The van der Waals surface area contributed by atoms with Crippen LogP contribution in [0.25, 0.3) is 16.6 Å². The maximum atomic E-state index is 11.8. The van der Waals surface area contributed by atoms with E-state index in [0.29, 0.717) is 18.1 Å². The number of pyridine rings is 1. The summed E-state index contributed by atoms with van der Waals surface area (Å²) in [6.45, 7) is 4.52. The Kier molecular flexibility index (Phi) is 5.93. The molecule has 0 unspecified atom stereocenters. The Bertz CT molecular complexity index is 1420. The molecule has 8 heteroatoms. The second kappa shape index (κ2) is 9.26. The van der Waals surface area contributed by atoms with E-state index in [1.165, 1.54) is 18.2 Å². The van der Waals surface area contributed by atoms with Crippen molar-refractivity contribution in [3.05, 3.63) is 65.2 Å². The highest BCUT2D eigenvalue weighted by atomic mass is 16.5. The summed E-state index contributed by atoms with van der Waals surface area (Å²) < 4.78 is 13.9. The molecule has 36 heavy (non-hydrogen) atoms. The average Bonchev–Trinajstić information content (AvgIpc) is 3.34. The lowest BCUT2D eigenvalue weighted by atomic mass is 9.92. The first-order valence-corrected chi connectivity index (χ1v) is 12.7. The number of methoxy groups -OCH3 is 1. The topological polar surface area (TPSA) is 92.1 Å². The number of carbonyl (C=O) groups is 1. The molecule has 2 aliphatic rings. The molecule has 3 aromatic heterocycles. The standard InChI is InChI=1S/C28H32N4O4/c1-17-13-25(35-2)22(20-7-9-29-26(17)20)15-31-11-8-19(36-16-18-3-4-18)14-24(31)21-5-6-23(28(33)34)32-12-10-30-27(21)32/h5-7,9-10,12-13,18-19,24,29H,3-4,8,11,14-16H2,1-2H3,(H,33,34)/t19-,24-/m0/s1. The number of hydrogen-bond acceptors (Lipinski definition) is 5. The number of hydrogen-bond donors (Lipinski definition) is 2. The van der Waals surface area contributed by atoms with Gasteiger partial charge >= 0.3 is 5.97 Å². The molecular weight excluding hydrogens is 456 g/mol. The number of nitrogens with one attached hydrogen (secondary N) is 1. The lowest BCUT2D eigenvalue weighted by Crippen LogP contribution is -2.40. The van der Waals surface area contributed by atoms with Crippen molar-refractivity contribution in [1.29, 1.82) is 0 Å². The van der Waals surface area contributed by atoms with Gasteiger partial charge in [-0.25, -0.2) is 9.78 Å². The second-order valence-corrected chi connectivity index (χ2v) is 10.1. The summed E-state index contributed by atoms with van der Waals surface area (Å²) in [4.78, 5) is 22.2. The molecule has 0 spiro atoms. The first-order chi connectivity index (χ1) is 17.5. The Morgan fingerprint density at radius 3 is 2.89 bits per heavy atom.